The largest absolute Gasteiger partial charge is 0.493 e. The number of carbonyl (C=O) groups is 2. The summed E-state index contributed by atoms with van der Waals surface area (Å²) in [4.78, 5) is 23.5. The average Bonchev–Trinajstić information content (AvgIpc) is 2.61. The highest BCUT2D eigenvalue weighted by Gasteiger charge is 2.13. The molecule has 5 nitrogen and oxygen atoms in total. The second kappa shape index (κ2) is 8.53. The minimum atomic E-state index is -0.599. The highest BCUT2D eigenvalue weighted by atomic mass is 16.5. The Morgan fingerprint density at radius 3 is 2.42 bits per heavy atom. The summed E-state index contributed by atoms with van der Waals surface area (Å²) < 4.78 is 15.7. The van der Waals surface area contributed by atoms with Crippen molar-refractivity contribution in [2.45, 2.75) is 6.92 Å². The van der Waals surface area contributed by atoms with Crippen LogP contribution < -0.4 is 9.47 Å². The van der Waals surface area contributed by atoms with E-state index in [-0.39, 0.29) is 5.78 Å². The van der Waals surface area contributed by atoms with Crippen molar-refractivity contribution in [1.82, 2.24) is 0 Å². The Hall–Kier alpha value is -3.08. The Bertz CT molecular complexity index is 735. The predicted molar refractivity (Wildman–Crippen MR) is 89.6 cm³/mol. The van der Waals surface area contributed by atoms with E-state index in [4.69, 9.17) is 9.47 Å². The van der Waals surface area contributed by atoms with Gasteiger partial charge in [-0.25, -0.2) is 4.79 Å². The Kier molecular flexibility index (Phi) is 6.14. The first-order valence-electron chi connectivity index (χ1n) is 7.44. The molecular formula is C19H18O5. The quantitative estimate of drug-likeness (QED) is 0.440. The Labute approximate surface area is 140 Å². The summed E-state index contributed by atoms with van der Waals surface area (Å²) in [5.74, 6) is 0.613. The first kappa shape index (κ1) is 17.3. The molecule has 124 valence electrons. The summed E-state index contributed by atoms with van der Waals surface area (Å²) in [7, 11) is 1.25. The third kappa shape index (κ3) is 4.71. The first-order chi connectivity index (χ1) is 11.6. The van der Waals surface area contributed by atoms with Crippen LogP contribution in [0.5, 0.6) is 17.2 Å². The van der Waals surface area contributed by atoms with Gasteiger partial charge in [-0.05, 0) is 43.3 Å². The zero-order valence-electron chi connectivity index (χ0n) is 13.5. The number of rotatable bonds is 7. The van der Waals surface area contributed by atoms with Crippen molar-refractivity contribution in [3.63, 3.8) is 0 Å². The van der Waals surface area contributed by atoms with Crippen LogP contribution >= 0.6 is 0 Å². The molecule has 0 bridgehead atoms. The van der Waals surface area contributed by atoms with Crippen LogP contribution in [0.4, 0.5) is 0 Å². The molecule has 0 fully saturated rings. The number of ether oxygens (including phenoxy) is 3. The van der Waals surface area contributed by atoms with Gasteiger partial charge in [0.2, 0.25) is 0 Å². The van der Waals surface area contributed by atoms with Crippen LogP contribution in [0.15, 0.2) is 60.7 Å². The highest BCUT2D eigenvalue weighted by Crippen LogP contribution is 2.28. The number of methoxy groups -OCH3 is 1. The van der Waals surface area contributed by atoms with Gasteiger partial charge in [0, 0.05) is 6.08 Å². The molecule has 0 aliphatic heterocycles. The van der Waals surface area contributed by atoms with Gasteiger partial charge in [-0.2, -0.15) is 0 Å². The molecule has 0 aromatic heterocycles. The van der Waals surface area contributed by atoms with Crippen LogP contribution in [0.2, 0.25) is 0 Å². The molecule has 0 heterocycles. The van der Waals surface area contributed by atoms with Crippen LogP contribution in [0.1, 0.15) is 17.3 Å². The molecule has 2 aromatic carbocycles. The molecule has 0 N–H and O–H groups in total. The average molecular weight is 326 g/mol. The molecule has 2 aromatic rings. The van der Waals surface area contributed by atoms with Gasteiger partial charge in [0.25, 0.3) is 0 Å². The van der Waals surface area contributed by atoms with E-state index < -0.39 is 5.97 Å². The second-order valence-electron chi connectivity index (χ2n) is 4.73. The number of benzene rings is 2. The molecule has 0 unspecified atom stereocenters. The summed E-state index contributed by atoms with van der Waals surface area (Å²) in [5, 5.41) is 0. The fraction of sp³-hybridized carbons (Fsp3) is 0.158. The molecule has 0 spiro atoms. The van der Waals surface area contributed by atoms with Crippen LogP contribution in [0, 0.1) is 0 Å². The molecule has 2 rings (SSSR count). The molecule has 0 saturated carbocycles. The van der Waals surface area contributed by atoms with E-state index in [9.17, 15) is 9.59 Å². The van der Waals surface area contributed by atoms with Crippen molar-refractivity contribution < 1.29 is 23.8 Å². The Morgan fingerprint density at radius 2 is 1.75 bits per heavy atom. The van der Waals surface area contributed by atoms with Crippen LogP contribution in [0.25, 0.3) is 0 Å². The molecule has 0 aliphatic rings. The standard InChI is InChI=1S/C19H18O5/c1-3-23-18-11-9-15(24-14-7-5-4-6-8-14)13-16(18)17(20)10-12-19(21)22-2/h4-13H,3H2,1-2H3/b12-10+. The zero-order valence-corrected chi connectivity index (χ0v) is 13.5. The molecule has 0 aliphatic carbocycles. The van der Waals surface area contributed by atoms with Crippen molar-refractivity contribution in [1.29, 1.82) is 0 Å². The summed E-state index contributed by atoms with van der Waals surface area (Å²) in [6.45, 7) is 2.24. The van der Waals surface area contributed by atoms with Crippen molar-refractivity contribution in [3.05, 3.63) is 66.2 Å². The van der Waals surface area contributed by atoms with Gasteiger partial charge >= 0.3 is 5.97 Å². The monoisotopic (exact) mass is 326 g/mol. The van der Waals surface area contributed by atoms with E-state index >= 15 is 0 Å². The van der Waals surface area contributed by atoms with Gasteiger partial charge in [0.1, 0.15) is 17.2 Å². The van der Waals surface area contributed by atoms with Crippen LogP contribution in [-0.4, -0.2) is 25.5 Å². The summed E-state index contributed by atoms with van der Waals surface area (Å²) >= 11 is 0. The number of para-hydroxylation sites is 1. The van der Waals surface area contributed by atoms with Crippen molar-refractivity contribution in [2.24, 2.45) is 0 Å². The van der Waals surface area contributed by atoms with E-state index in [1.165, 1.54) is 7.11 Å². The fourth-order valence-electron chi connectivity index (χ4n) is 1.97. The minimum Gasteiger partial charge on any atom is -0.493 e. The molecule has 24 heavy (non-hydrogen) atoms. The molecular weight excluding hydrogens is 308 g/mol. The number of allylic oxidation sites excluding steroid dienone is 1. The van der Waals surface area contributed by atoms with Crippen LogP contribution in [0.3, 0.4) is 0 Å². The lowest BCUT2D eigenvalue weighted by atomic mass is 10.1. The van der Waals surface area contributed by atoms with Gasteiger partial charge in [-0.3, -0.25) is 4.79 Å². The summed E-state index contributed by atoms with van der Waals surface area (Å²) in [5.41, 5.74) is 0.311. The van der Waals surface area contributed by atoms with Crippen molar-refractivity contribution in [2.75, 3.05) is 13.7 Å². The van der Waals surface area contributed by atoms with E-state index in [1.54, 1.807) is 18.2 Å². The number of esters is 1. The normalized spacial score (nSPS) is 10.4. The third-order valence-electron chi connectivity index (χ3n) is 3.07. The van der Waals surface area contributed by atoms with Gasteiger partial charge in [-0.1, -0.05) is 18.2 Å². The molecule has 0 radical (unpaired) electrons. The SMILES string of the molecule is CCOc1ccc(Oc2ccccc2)cc1C(=O)/C=C/C(=O)OC. The molecule has 0 saturated heterocycles. The molecule has 0 amide bonds. The summed E-state index contributed by atoms with van der Waals surface area (Å²) in [6, 6.07) is 14.2. The second-order valence-corrected chi connectivity index (χ2v) is 4.73. The number of ketones is 1. The minimum absolute atomic E-state index is 0.311. The van der Waals surface area contributed by atoms with E-state index in [2.05, 4.69) is 4.74 Å². The van der Waals surface area contributed by atoms with Crippen molar-refractivity contribution in [3.8, 4) is 17.2 Å². The molecule has 5 heteroatoms. The topological polar surface area (TPSA) is 61.8 Å². The highest BCUT2D eigenvalue weighted by molar-refractivity contribution is 6.09. The van der Waals surface area contributed by atoms with Gasteiger partial charge < -0.3 is 14.2 Å². The maximum Gasteiger partial charge on any atom is 0.330 e. The predicted octanol–water partition coefficient (Wildman–Crippen LogP) is 3.79. The van der Waals surface area contributed by atoms with Crippen molar-refractivity contribution >= 4 is 11.8 Å². The fourth-order valence-corrected chi connectivity index (χ4v) is 1.97. The van der Waals surface area contributed by atoms with Gasteiger partial charge in [-0.15, -0.1) is 0 Å². The number of hydrogen-bond donors (Lipinski definition) is 0. The molecule has 0 atom stereocenters. The summed E-state index contributed by atoms with van der Waals surface area (Å²) in [6.07, 6.45) is 2.22. The maximum atomic E-state index is 12.3. The lowest BCUT2D eigenvalue weighted by Crippen LogP contribution is -2.03. The smallest absolute Gasteiger partial charge is 0.330 e. The third-order valence-corrected chi connectivity index (χ3v) is 3.07. The lowest BCUT2D eigenvalue weighted by Gasteiger charge is -2.11. The number of carbonyl (C=O) groups excluding carboxylic acids is 2. The van der Waals surface area contributed by atoms with Gasteiger partial charge in [0.15, 0.2) is 5.78 Å². The Balaban J connectivity index is 2.29. The maximum absolute atomic E-state index is 12.3. The van der Waals surface area contributed by atoms with E-state index in [0.29, 0.717) is 29.4 Å². The van der Waals surface area contributed by atoms with Crippen LogP contribution in [-0.2, 0) is 9.53 Å². The Morgan fingerprint density at radius 1 is 1.00 bits per heavy atom. The number of hydrogen-bond acceptors (Lipinski definition) is 5. The van der Waals surface area contributed by atoms with Gasteiger partial charge in [0.05, 0.1) is 19.3 Å². The van der Waals surface area contributed by atoms with E-state index in [1.807, 2.05) is 37.3 Å². The lowest BCUT2D eigenvalue weighted by molar-refractivity contribution is -0.134. The van der Waals surface area contributed by atoms with E-state index in [0.717, 1.165) is 12.2 Å². The zero-order chi connectivity index (χ0) is 17.4. The first-order valence-corrected chi connectivity index (χ1v) is 7.44.